The topological polar surface area (TPSA) is 46.6 Å². The Morgan fingerprint density at radius 3 is 3.00 bits per heavy atom. The molecule has 0 saturated carbocycles. The third kappa shape index (κ3) is 3.93. The molecule has 0 aliphatic carbocycles. The van der Waals surface area contributed by atoms with Crippen LogP contribution in [0, 0.1) is 0 Å². The van der Waals surface area contributed by atoms with Crippen molar-refractivity contribution in [1.82, 2.24) is 4.90 Å². The predicted octanol–water partition coefficient (Wildman–Crippen LogP) is 2.40. The van der Waals surface area contributed by atoms with Crippen LogP contribution in [-0.4, -0.2) is 37.0 Å². The van der Waals surface area contributed by atoms with E-state index in [9.17, 15) is 9.59 Å². The summed E-state index contributed by atoms with van der Waals surface area (Å²) in [6.45, 7) is 1.51. The summed E-state index contributed by atoms with van der Waals surface area (Å²) in [5, 5.41) is 2.05. The molecule has 0 unspecified atom stereocenters. The van der Waals surface area contributed by atoms with Gasteiger partial charge in [0.05, 0.1) is 7.11 Å². The lowest BCUT2D eigenvalue weighted by molar-refractivity contribution is -0.140. The van der Waals surface area contributed by atoms with Crippen molar-refractivity contribution < 1.29 is 14.3 Å². The zero-order valence-corrected chi connectivity index (χ0v) is 12.4. The monoisotopic (exact) mass is 293 g/mol. The molecule has 0 radical (unpaired) electrons. The Morgan fingerprint density at radius 2 is 2.30 bits per heavy atom. The molecule has 20 heavy (non-hydrogen) atoms. The summed E-state index contributed by atoms with van der Waals surface area (Å²) in [5.74, 6) is -0.203. The van der Waals surface area contributed by atoms with Gasteiger partial charge < -0.3 is 9.64 Å². The number of carbonyl (C=O) groups excluding carboxylic acids is 2. The number of ether oxygens (including phenoxy) is 1. The van der Waals surface area contributed by atoms with Gasteiger partial charge >= 0.3 is 5.97 Å². The molecule has 1 aliphatic rings. The standard InChI is InChI=1S/C15H19NO3S/c1-19-14(17)7-6-12-4-2-9-16(15(12)18)10-8-13-5-3-11-20-13/h3-5,11H,2,6-10H2,1H3. The Balaban J connectivity index is 1.85. The van der Waals surface area contributed by atoms with Crippen molar-refractivity contribution in [2.75, 3.05) is 20.2 Å². The van der Waals surface area contributed by atoms with E-state index in [1.165, 1.54) is 12.0 Å². The first-order valence-corrected chi connectivity index (χ1v) is 7.66. The lowest BCUT2D eigenvalue weighted by atomic mass is 10.0. The third-order valence-electron chi connectivity index (χ3n) is 3.39. The number of methoxy groups -OCH3 is 1. The summed E-state index contributed by atoms with van der Waals surface area (Å²) in [4.78, 5) is 26.6. The minimum absolute atomic E-state index is 0.0664. The van der Waals surface area contributed by atoms with E-state index in [0.29, 0.717) is 6.42 Å². The molecule has 0 atom stereocenters. The first kappa shape index (κ1) is 14.8. The lowest BCUT2D eigenvalue weighted by Crippen LogP contribution is -2.37. The van der Waals surface area contributed by atoms with Crippen LogP contribution in [0.25, 0.3) is 0 Å². The first-order valence-electron chi connectivity index (χ1n) is 6.78. The number of nitrogens with zero attached hydrogens (tertiary/aromatic N) is 1. The maximum atomic E-state index is 12.3. The second-order valence-electron chi connectivity index (χ2n) is 4.72. The van der Waals surface area contributed by atoms with Crippen LogP contribution in [0.1, 0.15) is 24.1 Å². The van der Waals surface area contributed by atoms with Gasteiger partial charge in [-0.1, -0.05) is 12.1 Å². The van der Waals surface area contributed by atoms with Crippen molar-refractivity contribution in [1.29, 1.82) is 0 Å². The van der Waals surface area contributed by atoms with Gasteiger partial charge in [0.15, 0.2) is 0 Å². The molecule has 1 aromatic heterocycles. The molecular weight excluding hydrogens is 274 g/mol. The highest BCUT2D eigenvalue weighted by molar-refractivity contribution is 7.09. The third-order valence-corrected chi connectivity index (χ3v) is 4.32. The zero-order valence-electron chi connectivity index (χ0n) is 11.6. The molecule has 1 amide bonds. The summed E-state index contributed by atoms with van der Waals surface area (Å²) >= 11 is 1.72. The molecule has 2 heterocycles. The second kappa shape index (κ2) is 7.24. The molecule has 0 spiro atoms. The van der Waals surface area contributed by atoms with Crippen LogP contribution in [0.3, 0.4) is 0 Å². The highest BCUT2D eigenvalue weighted by atomic mass is 32.1. The molecule has 0 N–H and O–H groups in total. The fraction of sp³-hybridized carbons (Fsp3) is 0.467. The molecule has 5 heteroatoms. The predicted molar refractivity (Wildman–Crippen MR) is 78.6 cm³/mol. The SMILES string of the molecule is COC(=O)CCC1=CCCN(CCc2cccs2)C1=O. The summed E-state index contributed by atoms with van der Waals surface area (Å²) in [6.07, 6.45) is 4.46. The van der Waals surface area contributed by atoms with E-state index in [0.717, 1.165) is 31.5 Å². The van der Waals surface area contributed by atoms with Crippen molar-refractivity contribution in [2.24, 2.45) is 0 Å². The minimum Gasteiger partial charge on any atom is -0.469 e. The fourth-order valence-corrected chi connectivity index (χ4v) is 2.95. The molecule has 0 aromatic carbocycles. The lowest BCUT2D eigenvalue weighted by Gasteiger charge is -2.27. The van der Waals surface area contributed by atoms with Gasteiger partial charge in [0.1, 0.15) is 0 Å². The van der Waals surface area contributed by atoms with Gasteiger partial charge in [-0.3, -0.25) is 9.59 Å². The average Bonchev–Trinajstić information content (AvgIpc) is 2.98. The molecule has 0 saturated heterocycles. The Hall–Kier alpha value is -1.62. The number of amides is 1. The van der Waals surface area contributed by atoms with E-state index in [1.807, 2.05) is 17.0 Å². The van der Waals surface area contributed by atoms with Gasteiger partial charge in [0.2, 0.25) is 5.91 Å². The smallest absolute Gasteiger partial charge is 0.305 e. The molecule has 2 rings (SSSR count). The van der Waals surface area contributed by atoms with Gasteiger partial charge in [0, 0.05) is 30.0 Å². The van der Waals surface area contributed by atoms with E-state index < -0.39 is 0 Å². The van der Waals surface area contributed by atoms with Crippen molar-refractivity contribution in [3.8, 4) is 0 Å². The van der Waals surface area contributed by atoms with Crippen LogP contribution < -0.4 is 0 Å². The van der Waals surface area contributed by atoms with E-state index in [-0.39, 0.29) is 18.3 Å². The summed E-state index contributed by atoms with van der Waals surface area (Å²) in [5.41, 5.74) is 0.743. The zero-order chi connectivity index (χ0) is 14.4. The molecule has 1 aliphatic heterocycles. The largest absolute Gasteiger partial charge is 0.469 e. The molecule has 0 fully saturated rings. The van der Waals surface area contributed by atoms with E-state index in [4.69, 9.17) is 0 Å². The fourth-order valence-electron chi connectivity index (χ4n) is 2.25. The van der Waals surface area contributed by atoms with Crippen molar-refractivity contribution in [3.05, 3.63) is 34.0 Å². The van der Waals surface area contributed by atoms with Crippen LogP contribution in [0.4, 0.5) is 0 Å². The van der Waals surface area contributed by atoms with Gasteiger partial charge in [-0.15, -0.1) is 11.3 Å². The van der Waals surface area contributed by atoms with E-state index >= 15 is 0 Å². The van der Waals surface area contributed by atoms with E-state index in [2.05, 4.69) is 16.2 Å². The Kier molecular flexibility index (Phi) is 5.35. The van der Waals surface area contributed by atoms with Crippen molar-refractivity contribution in [2.45, 2.75) is 25.7 Å². The minimum atomic E-state index is -0.269. The first-order chi connectivity index (χ1) is 9.70. The number of hydrogen-bond acceptors (Lipinski definition) is 4. The number of rotatable bonds is 6. The summed E-state index contributed by atoms with van der Waals surface area (Å²) in [7, 11) is 1.37. The summed E-state index contributed by atoms with van der Waals surface area (Å²) in [6, 6.07) is 4.12. The van der Waals surface area contributed by atoms with E-state index in [1.54, 1.807) is 11.3 Å². The molecule has 4 nitrogen and oxygen atoms in total. The number of esters is 1. The molecule has 108 valence electrons. The average molecular weight is 293 g/mol. The second-order valence-corrected chi connectivity index (χ2v) is 5.75. The molecular formula is C15H19NO3S. The Morgan fingerprint density at radius 1 is 1.45 bits per heavy atom. The van der Waals surface area contributed by atoms with Gasteiger partial charge in [-0.05, 0) is 30.7 Å². The maximum Gasteiger partial charge on any atom is 0.305 e. The maximum absolute atomic E-state index is 12.3. The number of carbonyl (C=O) groups is 2. The van der Waals surface area contributed by atoms with Gasteiger partial charge in [-0.2, -0.15) is 0 Å². The van der Waals surface area contributed by atoms with Crippen LogP contribution in [-0.2, 0) is 20.7 Å². The van der Waals surface area contributed by atoms with Gasteiger partial charge in [0.25, 0.3) is 0 Å². The van der Waals surface area contributed by atoms with Crippen LogP contribution >= 0.6 is 11.3 Å². The molecule has 1 aromatic rings. The quantitative estimate of drug-likeness (QED) is 0.757. The number of thiophene rings is 1. The number of hydrogen-bond donors (Lipinski definition) is 0. The van der Waals surface area contributed by atoms with Crippen LogP contribution in [0.15, 0.2) is 29.2 Å². The Labute approximate surface area is 123 Å². The van der Waals surface area contributed by atoms with Crippen molar-refractivity contribution >= 4 is 23.2 Å². The van der Waals surface area contributed by atoms with Gasteiger partial charge in [-0.25, -0.2) is 0 Å². The highest BCUT2D eigenvalue weighted by Gasteiger charge is 2.22. The van der Waals surface area contributed by atoms with Crippen LogP contribution in [0.2, 0.25) is 0 Å². The highest BCUT2D eigenvalue weighted by Crippen LogP contribution is 2.18. The normalized spacial score (nSPS) is 15.2. The Bertz CT molecular complexity index is 493. The van der Waals surface area contributed by atoms with Crippen LogP contribution in [0.5, 0.6) is 0 Å². The van der Waals surface area contributed by atoms with Crippen molar-refractivity contribution in [3.63, 3.8) is 0 Å². The molecule has 0 bridgehead atoms. The summed E-state index contributed by atoms with van der Waals surface area (Å²) < 4.78 is 4.61.